The van der Waals surface area contributed by atoms with Gasteiger partial charge in [-0.1, -0.05) is 12.1 Å². The average Bonchev–Trinajstić information content (AvgIpc) is 2.68. The van der Waals surface area contributed by atoms with E-state index in [1.54, 1.807) is 29.2 Å². The van der Waals surface area contributed by atoms with Gasteiger partial charge in [0.25, 0.3) is 15.9 Å². The zero-order chi connectivity index (χ0) is 19.4. The number of anilines is 1. The van der Waals surface area contributed by atoms with Crippen molar-refractivity contribution in [1.82, 2.24) is 4.90 Å². The van der Waals surface area contributed by atoms with Crippen LogP contribution in [0, 0.1) is 0 Å². The van der Waals surface area contributed by atoms with Gasteiger partial charge in [0.2, 0.25) is 0 Å². The summed E-state index contributed by atoms with van der Waals surface area (Å²) < 4.78 is 32.9. The van der Waals surface area contributed by atoms with Gasteiger partial charge in [-0.25, -0.2) is 8.42 Å². The number of benzene rings is 2. The highest BCUT2D eigenvalue weighted by Gasteiger charge is 2.22. The van der Waals surface area contributed by atoms with Gasteiger partial charge in [0, 0.05) is 24.7 Å². The number of amides is 1. The van der Waals surface area contributed by atoms with Crippen LogP contribution in [0.2, 0.25) is 0 Å². The summed E-state index contributed by atoms with van der Waals surface area (Å²) in [5.41, 5.74) is 6.68. The molecule has 1 amide bonds. The zero-order valence-electron chi connectivity index (χ0n) is 15.1. The van der Waals surface area contributed by atoms with Gasteiger partial charge in [-0.15, -0.1) is 0 Å². The van der Waals surface area contributed by atoms with Crippen molar-refractivity contribution in [3.8, 4) is 5.75 Å². The summed E-state index contributed by atoms with van der Waals surface area (Å²) >= 11 is 0. The first kappa shape index (κ1) is 19.2. The van der Waals surface area contributed by atoms with Crippen LogP contribution in [0.3, 0.4) is 0 Å². The number of hydrogen-bond donors (Lipinski definition) is 2. The summed E-state index contributed by atoms with van der Waals surface area (Å²) in [5, 5.41) is 0. The molecular weight excluding hydrogens is 366 g/mol. The van der Waals surface area contributed by atoms with E-state index in [0.29, 0.717) is 30.1 Å². The van der Waals surface area contributed by atoms with E-state index in [4.69, 9.17) is 10.5 Å². The van der Waals surface area contributed by atoms with Crippen LogP contribution >= 0.6 is 0 Å². The van der Waals surface area contributed by atoms with Gasteiger partial charge >= 0.3 is 0 Å². The predicted molar refractivity (Wildman–Crippen MR) is 103 cm³/mol. The molecule has 3 N–H and O–H groups in total. The van der Waals surface area contributed by atoms with Crippen LogP contribution in [0.4, 0.5) is 5.69 Å². The summed E-state index contributed by atoms with van der Waals surface area (Å²) in [4.78, 5) is 14.4. The first-order valence-corrected chi connectivity index (χ1v) is 10.2. The summed E-state index contributed by atoms with van der Waals surface area (Å²) in [6.45, 7) is 1.24. The Morgan fingerprint density at radius 3 is 2.37 bits per heavy atom. The molecule has 3 rings (SSSR count). The molecule has 7 nitrogen and oxygen atoms in total. The molecule has 0 unspecified atom stereocenters. The first-order valence-electron chi connectivity index (χ1n) is 8.71. The van der Waals surface area contributed by atoms with E-state index >= 15 is 0 Å². The smallest absolute Gasteiger partial charge is 0.262 e. The molecule has 2 aromatic carbocycles. The van der Waals surface area contributed by atoms with Crippen molar-refractivity contribution in [2.75, 3.05) is 24.9 Å². The molecule has 27 heavy (non-hydrogen) atoms. The summed E-state index contributed by atoms with van der Waals surface area (Å²) in [5.74, 6) is 0.319. The summed E-state index contributed by atoms with van der Waals surface area (Å²) in [6.07, 6.45) is 1.56. The lowest BCUT2D eigenvalue weighted by Crippen LogP contribution is -2.42. The number of carbonyl (C=O) groups excluding carboxylic acids is 1. The van der Waals surface area contributed by atoms with E-state index in [1.165, 1.54) is 31.4 Å². The summed E-state index contributed by atoms with van der Waals surface area (Å²) in [7, 11) is -2.32. The molecule has 144 valence electrons. The third-order valence-corrected chi connectivity index (χ3v) is 5.97. The molecule has 0 atom stereocenters. The number of piperidine rings is 1. The third-order valence-electron chi connectivity index (χ3n) is 4.59. The highest BCUT2D eigenvalue weighted by molar-refractivity contribution is 7.92. The fourth-order valence-corrected chi connectivity index (χ4v) is 4.06. The van der Waals surface area contributed by atoms with Gasteiger partial charge in [-0.2, -0.15) is 0 Å². The second-order valence-corrected chi connectivity index (χ2v) is 8.14. The lowest BCUT2D eigenvalue weighted by atomic mass is 10.1. The number of nitrogens with two attached hydrogens (primary N) is 1. The molecule has 8 heteroatoms. The number of rotatable bonds is 5. The van der Waals surface area contributed by atoms with Gasteiger partial charge < -0.3 is 15.4 Å². The first-order chi connectivity index (χ1) is 12.9. The Labute approximate surface area is 159 Å². The number of sulfonamides is 1. The van der Waals surface area contributed by atoms with E-state index in [2.05, 4.69) is 4.72 Å². The van der Waals surface area contributed by atoms with Crippen LogP contribution in [-0.4, -0.2) is 45.5 Å². The number of ether oxygens (including phenoxy) is 1. The van der Waals surface area contributed by atoms with Crippen LogP contribution in [0.15, 0.2) is 53.4 Å². The molecule has 2 aromatic rings. The molecule has 1 aliphatic rings. The monoisotopic (exact) mass is 389 g/mol. The van der Waals surface area contributed by atoms with Crippen LogP contribution in [0.1, 0.15) is 23.2 Å². The van der Waals surface area contributed by atoms with Crippen LogP contribution in [0.5, 0.6) is 5.75 Å². The lowest BCUT2D eigenvalue weighted by molar-refractivity contribution is 0.0714. The molecule has 0 aromatic heterocycles. The fraction of sp³-hybridized carbons (Fsp3) is 0.316. The Morgan fingerprint density at radius 2 is 1.74 bits per heavy atom. The topological polar surface area (TPSA) is 102 Å². The van der Waals surface area contributed by atoms with E-state index in [-0.39, 0.29) is 16.8 Å². The van der Waals surface area contributed by atoms with E-state index in [0.717, 1.165) is 12.8 Å². The van der Waals surface area contributed by atoms with E-state index < -0.39 is 10.0 Å². The quantitative estimate of drug-likeness (QED) is 0.815. The molecule has 1 aliphatic heterocycles. The highest BCUT2D eigenvalue weighted by atomic mass is 32.2. The van der Waals surface area contributed by atoms with Gasteiger partial charge in [0.05, 0.1) is 17.7 Å². The van der Waals surface area contributed by atoms with Gasteiger partial charge in [0.15, 0.2) is 0 Å². The van der Waals surface area contributed by atoms with E-state index in [1.807, 2.05) is 0 Å². The number of hydrogen-bond acceptors (Lipinski definition) is 5. The minimum atomic E-state index is -3.79. The van der Waals surface area contributed by atoms with Crippen LogP contribution in [-0.2, 0) is 10.0 Å². The largest absolute Gasteiger partial charge is 0.495 e. The molecule has 1 saturated heterocycles. The van der Waals surface area contributed by atoms with Crippen molar-refractivity contribution in [3.63, 3.8) is 0 Å². The van der Waals surface area contributed by atoms with E-state index in [9.17, 15) is 13.2 Å². The Morgan fingerprint density at radius 1 is 1.11 bits per heavy atom. The maximum atomic E-state index is 12.6. The van der Waals surface area contributed by atoms with Gasteiger partial charge in [-0.05, 0) is 49.2 Å². The maximum Gasteiger partial charge on any atom is 0.262 e. The number of likely N-dealkylation sites (tertiary alicyclic amines) is 1. The van der Waals surface area contributed by atoms with Crippen LogP contribution in [0.25, 0.3) is 0 Å². The van der Waals surface area contributed by atoms with Gasteiger partial charge in [0.1, 0.15) is 5.75 Å². The number of carbonyl (C=O) groups is 1. The molecule has 0 spiro atoms. The van der Waals surface area contributed by atoms with Crippen LogP contribution < -0.4 is 15.2 Å². The van der Waals surface area contributed by atoms with Crippen molar-refractivity contribution in [2.24, 2.45) is 5.73 Å². The third kappa shape index (κ3) is 4.40. The highest BCUT2D eigenvalue weighted by Crippen LogP contribution is 2.26. The second-order valence-electron chi connectivity index (χ2n) is 6.46. The SMILES string of the molecule is COc1ccccc1NS(=O)(=O)c1ccc(C(=O)N2CCC(N)CC2)cc1. The van der Waals surface area contributed by atoms with Crippen molar-refractivity contribution in [2.45, 2.75) is 23.8 Å². The lowest BCUT2D eigenvalue weighted by Gasteiger charge is -2.30. The molecule has 0 aliphatic carbocycles. The fourth-order valence-electron chi connectivity index (χ4n) is 2.99. The molecule has 0 radical (unpaired) electrons. The Hall–Kier alpha value is -2.58. The second kappa shape index (κ2) is 7.98. The van der Waals surface area contributed by atoms with Crippen molar-refractivity contribution in [3.05, 3.63) is 54.1 Å². The number of methoxy groups -OCH3 is 1. The Kier molecular flexibility index (Phi) is 5.67. The molecule has 0 bridgehead atoms. The minimum Gasteiger partial charge on any atom is -0.495 e. The molecule has 1 fully saturated rings. The van der Waals surface area contributed by atoms with Gasteiger partial charge in [-0.3, -0.25) is 9.52 Å². The number of para-hydroxylation sites is 2. The Balaban J connectivity index is 1.75. The van der Waals surface area contributed by atoms with Crippen molar-refractivity contribution in [1.29, 1.82) is 0 Å². The number of nitrogens with one attached hydrogen (secondary N) is 1. The zero-order valence-corrected chi connectivity index (χ0v) is 15.9. The normalized spacial score (nSPS) is 15.4. The van der Waals surface area contributed by atoms with Crippen molar-refractivity contribution >= 4 is 21.6 Å². The average molecular weight is 389 g/mol. The van der Waals surface area contributed by atoms with Crippen molar-refractivity contribution < 1.29 is 17.9 Å². The maximum absolute atomic E-state index is 12.6. The Bertz CT molecular complexity index is 905. The summed E-state index contributed by atoms with van der Waals surface area (Å²) in [6, 6.07) is 12.8. The predicted octanol–water partition coefficient (Wildman–Crippen LogP) is 2.06. The number of nitrogens with zero attached hydrogens (tertiary/aromatic N) is 1. The minimum absolute atomic E-state index is 0.0747. The molecular formula is C19H23N3O4S. The molecule has 1 heterocycles. The standard InChI is InChI=1S/C19H23N3O4S/c1-26-18-5-3-2-4-17(18)21-27(24,25)16-8-6-14(7-9-16)19(23)22-12-10-15(20)11-13-22/h2-9,15,21H,10-13,20H2,1H3. The molecule has 0 saturated carbocycles.